The summed E-state index contributed by atoms with van der Waals surface area (Å²) < 4.78 is 51.3. The van der Waals surface area contributed by atoms with Crippen LogP contribution < -0.4 is 0 Å². The van der Waals surface area contributed by atoms with E-state index in [-0.39, 0.29) is 19.4 Å². The van der Waals surface area contributed by atoms with Crippen molar-refractivity contribution in [3.63, 3.8) is 0 Å². The smallest absolute Gasteiger partial charge is 0.176 e. The average Bonchev–Trinajstić information content (AvgIpc) is 2.24. The van der Waals surface area contributed by atoms with Gasteiger partial charge in [0.25, 0.3) is 0 Å². The van der Waals surface area contributed by atoms with Crippen molar-refractivity contribution < 1.29 is 22.7 Å². The molecule has 0 bridgehead atoms. The molecule has 1 nitrogen and oxygen atoms in total. The van der Waals surface area contributed by atoms with Crippen LogP contribution in [0.25, 0.3) is 0 Å². The molecule has 0 aliphatic rings. The molecule has 0 aliphatic carbocycles. The van der Waals surface area contributed by atoms with Crippen LogP contribution in [0, 0.1) is 23.3 Å². The lowest BCUT2D eigenvalue weighted by atomic mass is 10.1. The summed E-state index contributed by atoms with van der Waals surface area (Å²) >= 11 is 2.40. The molecule has 0 atom stereocenters. The minimum atomic E-state index is -1.46. The summed E-state index contributed by atoms with van der Waals surface area (Å²) in [7, 11) is 0. The van der Waals surface area contributed by atoms with Gasteiger partial charge in [-0.1, -0.05) is 0 Å². The third-order valence-electron chi connectivity index (χ3n) is 1.89. The van der Waals surface area contributed by atoms with Gasteiger partial charge < -0.3 is 5.11 Å². The monoisotopic (exact) mass is 286 g/mol. The van der Waals surface area contributed by atoms with E-state index in [0.717, 1.165) is 0 Å². The van der Waals surface area contributed by atoms with Crippen LogP contribution in [0.15, 0.2) is 4.47 Å². The second kappa shape index (κ2) is 4.94. The Morgan fingerprint density at radius 2 is 1.40 bits per heavy atom. The van der Waals surface area contributed by atoms with Crippen LogP contribution in [0.2, 0.25) is 0 Å². The Labute approximate surface area is 91.9 Å². The fraction of sp³-hybridized carbons (Fsp3) is 0.333. The average molecular weight is 287 g/mol. The number of aliphatic hydroxyl groups excluding tert-OH is 1. The molecule has 0 aliphatic heterocycles. The quantitative estimate of drug-likeness (QED) is 0.515. The molecule has 0 heterocycles. The Bertz CT molecular complexity index is 352. The second-order valence-electron chi connectivity index (χ2n) is 2.88. The van der Waals surface area contributed by atoms with Gasteiger partial charge in [-0.05, 0) is 28.8 Å². The molecule has 0 radical (unpaired) electrons. The van der Waals surface area contributed by atoms with Crippen molar-refractivity contribution in [2.45, 2.75) is 12.8 Å². The van der Waals surface area contributed by atoms with E-state index >= 15 is 0 Å². The lowest BCUT2D eigenvalue weighted by molar-refractivity contribution is 0.286. The highest BCUT2D eigenvalue weighted by Crippen LogP contribution is 2.28. The summed E-state index contributed by atoms with van der Waals surface area (Å²) in [6.45, 7) is -0.307. The van der Waals surface area contributed by atoms with E-state index in [1.165, 1.54) is 0 Å². The van der Waals surface area contributed by atoms with E-state index in [9.17, 15) is 17.6 Å². The SMILES string of the molecule is OCCCc1c(F)c(F)c(Br)c(F)c1F. The summed E-state index contributed by atoms with van der Waals surface area (Å²) in [6, 6.07) is 0. The number of aliphatic hydroxyl groups is 1. The molecular formula is C9H7BrF4O. The molecule has 1 aromatic rings. The Balaban J connectivity index is 3.26. The van der Waals surface area contributed by atoms with Crippen LogP contribution in [0.5, 0.6) is 0 Å². The van der Waals surface area contributed by atoms with Crippen LogP contribution >= 0.6 is 15.9 Å². The minimum Gasteiger partial charge on any atom is -0.396 e. The summed E-state index contributed by atoms with van der Waals surface area (Å²) in [5, 5.41) is 8.46. The summed E-state index contributed by atoms with van der Waals surface area (Å²) in [6.07, 6.45) is -0.219. The standard InChI is InChI=1S/C9H7BrF4O/c10-5-8(13)6(11)4(2-1-3-15)7(12)9(5)14/h15H,1-3H2. The van der Waals surface area contributed by atoms with Crippen molar-refractivity contribution in [2.75, 3.05) is 6.61 Å². The van der Waals surface area contributed by atoms with Crippen LogP contribution in [-0.4, -0.2) is 11.7 Å². The van der Waals surface area contributed by atoms with E-state index in [2.05, 4.69) is 15.9 Å². The van der Waals surface area contributed by atoms with Crippen molar-refractivity contribution in [1.29, 1.82) is 0 Å². The van der Waals surface area contributed by atoms with Crippen LogP contribution in [0.1, 0.15) is 12.0 Å². The van der Waals surface area contributed by atoms with E-state index < -0.39 is 33.3 Å². The maximum absolute atomic E-state index is 13.1. The highest BCUT2D eigenvalue weighted by atomic mass is 79.9. The van der Waals surface area contributed by atoms with Gasteiger partial charge in [0.1, 0.15) is 0 Å². The highest BCUT2D eigenvalue weighted by molar-refractivity contribution is 9.10. The molecule has 1 N–H and O–H groups in total. The Morgan fingerprint density at radius 1 is 0.933 bits per heavy atom. The van der Waals surface area contributed by atoms with Gasteiger partial charge in [0.05, 0.1) is 4.47 Å². The normalized spacial score (nSPS) is 10.8. The predicted molar refractivity (Wildman–Crippen MR) is 49.4 cm³/mol. The Kier molecular flexibility index (Phi) is 4.10. The topological polar surface area (TPSA) is 20.2 Å². The first-order chi connectivity index (χ1) is 7.00. The molecule has 1 rings (SSSR count). The molecule has 0 aromatic heterocycles. The largest absolute Gasteiger partial charge is 0.396 e. The molecule has 1 aromatic carbocycles. The molecule has 0 fully saturated rings. The minimum absolute atomic E-state index is 0.0361. The fourth-order valence-corrected chi connectivity index (χ4v) is 1.47. The van der Waals surface area contributed by atoms with Gasteiger partial charge in [-0.2, -0.15) is 0 Å². The molecule has 0 unspecified atom stereocenters. The van der Waals surface area contributed by atoms with Gasteiger partial charge in [-0.25, -0.2) is 17.6 Å². The van der Waals surface area contributed by atoms with E-state index in [1.807, 2.05) is 0 Å². The molecule has 0 amide bonds. The first-order valence-corrected chi connectivity index (χ1v) is 4.91. The number of rotatable bonds is 3. The van der Waals surface area contributed by atoms with Gasteiger partial charge in [-0.15, -0.1) is 0 Å². The third-order valence-corrected chi connectivity index (χ3v) is 2.58. The van der Waals surface area contributed by atoms with Crippen LogP contribution in [0.4, 0.5) is 17.6 Å². The van der Waals surface area contributed by atoms with E-state index in [1.54, 1.807) is 0 Å². The number of benzene rings is 1. The van der Waals surface area contributed by atoms with Crippen molar-refractivity contribution in [1.82, 2.24) is 0 Å². The van der Waals surface area contributed by atoms with Gasteiger partial charge in [0.15, 0.2) is 23.3 Å². The molecule has 6 heteroatoms. The molecule has 15 heavy (non-hydrogen) atoms. The lowest BCUT2D eigenvalue weighted by Gasteiger charge is -2.07. The number of hydrogen-bond donors (Lipinski definition) is 1. The molecule has 84 valence electrons. The molecule has 0 saturated carbocycles. The van der Waals surface area contributed by atoms with Gasteiger partial charge >= 0.3 is 0 Å². The van der Waals surface area contributed by atoms with Crippen molar-refractivity contribution in [3.8, 4) is 0 Å². The predicted octanol–water partition coefficient (Wildman–Crippen LogP) is 2.93. The molecule has 0 spiro atoms. The van der Waals surface area contributed by atoms with E-state index in [4.69, 9.17) is 5.11 Å². The first kappa shape index (κ1) is 12.4. The van der Waals surface area contributed by atoms with Crippen molar-refractivity contribution in [3.05, 3.63) is 33.3 Å². The summed E-state index contributed by atoms with van der Waals surface area (Å²) in [4.78, 5) is 0. The van der Waals surface area contributed by atoms with Gasteiger partial charge in [0, 0.05) is 12.2 Å². The highest BCUT2D eigenvalue weighted by Gasteiger charge is 2.23. The zero-order chi connectivity index (χ0) is 11.6. The third kappa shape index (κ3) is 2.31. The number of halogens is 5. The summed E-state index contributed by atoms with van der Waals surface area (Å²) in [5.74, 6) is -5.76. The van der Waals surface area contributed by atoms with Crippen LogP contribution in [-0.2, 0) is 6.42 Å². The maximum atomic E-state index is 13.1. The Hall–Kier alpha value is -0.620. The van der Waals surface area contributed by atoms with Gasteiger partial charge in [0.2, 0.25) is 0 Å². The van der Waals surface area contributed by atoms with Crippen molar-refractivity contribution >= 4 is 15.9 Å². The zero-order valence-electron chi connectivity index (χ0n) is 7.46. The van der Waals surface area contributed by atoms with Gasteiger partial charge in [-0.3, -0.25) is 0 Å². The maximum Gasteiger partial charge on any atom is 0.176 e. The van der Waals surface area contributed by atoms with E-state index in [0.29, 0.717) is 0 Å². The van der Waals surface area contributed by atoms with Crippen molar-refractivity contribution in [2.24, 2.45) is 0 Å². The fourth-order valence-electron chi connectivity index (χ4n) is 1.13. The first-order valence-electron chi connectivity index (χ1n) is 4.11. The zero-order valence-corrected chi connectivity index (χ0v) is 9.04. The second-order valence-corrected chi connectivity index (χ2v) is 3.67. The molecule has 0 saturated heterocycles. The number of hydrogen-bond acceptors (Lipinski definition) is 1. The Morgan fingerprint density at radius 3 is 1.80 bits per heavy atom. The molecular weight excluding hydrogens is 280 g/mol. The summed E-state index contributed by atoms with van der Waals surface area (Å²) in [5.41, 5.74) is -0.678. The van der Waals surface area contributed by atoms with Crippen LogP contribution in [0.3, 0.4) is 0 Å². The lowest BCUT2D eigenvalue weighted by Crippen LogP contribution is -2.05.